The van der Waals surface area contributed by atoms with Crippen LogP contribution in [0, 0.1) is 11.3 Å². The van der Waals surface area contributed by atoms with Crippen LogP contribution in [0.5, 0.6) is 5.75 Å². The first kappa shape index (κ1) is 15.4. The summed E-state index contributed by atoms with van der Waals surface area (Å²) in [6.07, 6.45) is 0. The highest BCUT2D eigenvalue weighted by Crippen LogP contribution is 2.28. The molecular weight excluding hydrogens is 309 g/mol. The van der Waals surface area contributed by atoms with Crippen LogP contribution in [0.3, 0.4) is 0 Å². The third kappa shape index (κ3) is 3.36. The first-order chi connectivity index (χ1) is 10.1. The first-order valence-electron chi connectivity index (χ1n) is 6.09. The molecule has 3 nitrogen and oxygen atoms in total. The standard InChI is InChI=1S/C16H11Cl2NO2/c1-21-12-4-2-3-10(7-12)14(9-19)16(20)13-6-5-11(17)8-15(13)18/h2-8,14H,1H3. The van der Waals surface area contributed by atoms with Gasteiger partial charge in [0.2, 0.25) is 0 Å². The highest BCUT2D eigenvalue weighted by atomic mass is 35.5. The van der Waals surface area contributed by atoms with Crippen molar-refractivity contribution in [3.8, 4) is 11.8 Å². The molecule has 2 rings (SSSR count). The minimum atomic E-state index is -0.946. The summed E-state index contributed by atoms with van der Waals surface area (Å²) in [5, 5.41) is 10.0. The van der Waals surface area contributed by atoms with E-state index >= 15 is 0 Å². The van der Waals surface area contributed by atoms with E-state index in [9.17, 15) is 10.1 Å². The molecule has 1 atom stereocenters. The highest BCUT2D eigenvalue weighted by Gasteiger charge is 2.24. The fourth-order valence-electron chi connectivity index (χ4n) is 1.95. The second-order valence-corrected chi connectivity index (χ2v) is 5.17. The molecule has 0 heterocycles. The summed E-state index contributed by atoms with van der Waals surface area (Å²) >= 11 is 11.8. The Kier molecular flexibility index (Phi) is 4.85. The van der Waals surface area contributed by atoms with Gasteiger partial charge in [-0.25, -0.2) is 0 Å². The number of rotatable bonds is 4. The van der Waals surface area contributed by atoms with E-state index in [1.54, 1.807) is 30.3 Å². The predicted molar refractivity (Wildman–Crippen MR) is 82.1 cm³/mol. The average Bonchev–Trinajstić information content (AvgIpc) is 2.48. The molecule has 1 unspecified atom stereocenters. The number of benzene rings is 2. The van der Waals surface area contributed by atoms with Crippen LogP contribution in [0.15, 0.2) is 42.5 Å². The molecule has 0 aromatic heterocycles. The molecule has 0 N–H and O–H groups in total. The van der Waals surface area contributed by atoms with E-state index in [2.05, 4.69) is 0 Å². The van der Waals surface area contributed by atoms with Gasteiger partial charge in [-0.3, -0.25) is 4.79 Å². The monoisotopic (exact) mass is 319 g/mol. The van der Waals surface area contributed by atoms with Crippen molar-refractivity contribution >= 4 is 29.0 Å². The summed E-state index contributed by atoms with van der Waals surface area (Å²) in [6.45, 7) is 0. The molecule has 0 saturated carbocycles. The molecule has 0 fully saturated rings. The molecule has 106 valence electrons. The Hall–Kier alpha value is -2.02. The number of methoxy groups -OCH3 is 1. The van der Waals surface area contributed by atoms with Crippen LogP contribution in [-0.4, -0.2) is 12.9 Å². The van der Waals surface area contributed by atoms with Gasteiger partial charge in [0.1, 0.15) is 11.7 Å². The molecular formula is C16H11Cl2NO2. The SMILES string of the molecule is COc1cccc(C(C#N)C(=O)c2ccc(Cl)cc2Cl)c1. The molecule has 0 aliphatic carbocycles. The van der Waals surface area contributed by atoms with Crippen LogP contribution in [0.4, 0.5) is 0 Å². The summed E-state index contributed by atoms with van der Waals surface area (Å²) in [7, 11) is 1.53. The zero-order valence-electron chi connectivity index (χ0n) is 11.1. The van der Waals surface area contributed by atoms with E-state index in [1.807, 2.05) is 6.07 Å². The van der Waals surface area contributed by atoms with Gasteiger partial charge in [-0.15, -0.1) is 0 Å². The van der Waals surface area contributed by atoms with E-state index in [-0.39, 0.29) is 16.4 Å². The number of ketones is 1. The summed E-state index contributed by atoms with van der Waals surface area (Å²) < 4.78 is 5.11. The van der Waals surface area contributed by atoms with Crippen molar-refractivity contribution < 1.29 is 9.53 Å². The molecule has 0 aliphatic rings. The van der Waals surface area contributed by atoms with Crippen LogP contribution in [0.25, 0.3) is 0 Å². The summed E-state index contributed by atoms with van der Waals surface area (Å²) in [5.74, 6) is -0.728. The largest absolute Gasteiger partial charge is 0.497 e. The van der Waals surface area contributed by atoms with E-state index in [1.165, 1.54) is 19.2 Å². The number of nitriles is 1. The zero-order valence-corrected chi connectivity index (χ0v) is 12.7. The lowest BCUT2D eigenvalue weighted by atomic mass is 9.91. The summed E-state index contributed by atoms with van der Waals surface area (Å²) in [4.78, 5) is 12.5. The molecule has 0 aliphatic heterocycles. The Morgan fingerprint density at radius 2 is 2.00 bits per heavy atom. The maximum absolute atomic E-state index is 12.5. The topological polar surface area (TPSA) is 50.1 Å². The van der Waals surface area contributed by atoms with E-state index < -0.39 is 5.92 Å². The van der Waals surface area contributed by atoms with Gasteiger partial charge in [0, 0.05) is 10.6 Å². The summed E-state index contributed by atoms with van der Waals surface area (Å²) in [5.41, 5.74) is 0.836. The number of carbonyl (C=O) groups excluding carboxylic acids is 1. The van der Waals surface area contributed by atoms with Crippen molar-refractivity contribution in [1.82, 2.24) is 0 Å². The van der Waals surface area contributed by atoms with Gasteiger partial charge >= 0.3 is 0 Å². The van der Waals surface area contributed by atoms with Crippen LogP contribution >= 0.6 is 23.2 Å². The number of Topliss-reactive ketones (excluding diaryl/α,β-unsaturated/α-hetero) is 1. The lowest BCUT2D eigenvalue weighted by Gasteiger charge is -2.11. The number of halogens is 2. The van der Waals surface area contributed by atoms with Gasteiger partial charge in [0.15, 0.2) is 5.78 Å². The van der Waals surface area contributed by atoms with Crippen LogP contribution in [0.2, 0.25) is 10.0 Å². The molecule has 0 amide bonds. The smallest absolute Gasteiger partial charge is 0.185 e. The quantitative estimate of drug-likeness (QED) is 0.780. The number of ether oxygens (including phenoxy) is 1. The van der Waals surface area contributed by atoms with Crippen molar-refractivity contribution in [3.05, 3.63) is 63.6 Å². The maximum atomic E-state index is 12.5. The zero-order chi connectivity index (χ0) is 15.4. The fourth-order valence-corrected chi connectivity index (χ4v) is 2.45. The Labute approximate surface area is 132 Å². The van der Waals surface area contributed by atoms with E-state index in [4.69, 9.17) is 27.9 Å². The van der Waals surface area contributed by atoms with Crippen molar-refractivity contribution in [2.45, 2.75) is 5.92 Å². The average molecular weight is 320 g/mol. The third-order valence-corrected chi connectivity index (χ3v) is 3.56. The van der Waals surface area contributed by atoms with Crippen LogP contribution in [0.1, 0.15) is 21.8 Å². The van der Waals surface area contributed by atoms with Gasteiger partial charge in [-0.2, -0.15) is 5.26 Å². The van der Waals surface area contributed by atoms with Crippen molar-refractivity contribution in [3.63, 3.8) is 0 Å². The van der Waals surface area contributed by atoms with Crippen LogP contribution < -0.4 is 4.74 Å². The second-order valence-electron chi connectivity index (χ2n) is 4.33. The van der Waals surface area contributed by atoms with Gasteiger partial charge in [-0.05, 0) is 35.9 Å². The van der Waals surface area contributed by atoms with Gasteiger partial charge < -0.3 is 4.74 Å². The number of carbonyl (C=O) groups is 1. The molecule has 0 saturated heterocycles. The molecule has 5 heteroatoms. The number of hydrogen-bond acceptors (Lipinski definition) is 3. The Morgan fingerprint density at radius 1 is 1.24 bits per heavy atom. The molecule has 21 heavy (non-hydrogen) atoms. The van der Waals surface area contributed by atoms with E-state index in [0.29, 0.717) is 16.3 Å². The number of nitrogens with zero attached hydrogens (tertiary/aromatic N) is 1. The van der Waals surface area contributed by atoms with Crippen molar-refractivity contribution in [2.75, 3.05) is 7.11 Å². The second kappa shape index (κ2) is 6.62. The fraction of sp³-hybridized carbons (Fsp3) is 0.125. The lowest BCUT2D eigenvalue weighted by molar-refractivity contribution is 0.0979. The Bertz CT molecular complexity index is 722. The number of hydrogen-bond donors (Lipinski definition) is 0. The van der Waals surface area contributed by atoms with Gasteiger partial charge in [0.25, 0.3) is 0 Å². The Balaban J connectivity index is 2.41. The molecule has 0 spiro atoms. The summed E-state index contributed by atoms with van der Waals surface area (Å²) in [6, 6.07) is 13.4. The molecule has 0 radical (unpaired) electrons. The van der Waals surface area contributed by atoms with Gasteiger partial charge in [0.05, 0.1) is 18.2 Å². The molecule has 2 aromatic rings. The minimum Gasteiger partial charge on any atom is -0.497 e. The van der Waals surface area contributed by atoms with Crippen molar-refractivity contribution in [1.29, 1.82) is 5.26 Å². The van der Waals surface area contributed by atoms with Gasteiger partial charge in [-0.1, -0.05) is 35.3 Å². The van der Waals surface area contributed by atoms with E-state index in [0.717, 1.165) is 0 Å². The predicted octanol–water partition coefficient (Wildman–Crippen LogP) is 4.49. The maximum Gasteiger partial charge on any atom is 0.185 e. The normalized spacial score (nSPS) is 11.5. The third-order valence-electron chi connectivity index (χ3n) is 3.02. The highest BCUT2D eigenvalue weighted by molar-refractivity contribution is 6.37. The first-order valence-corrected chi connectivity index (χ1v) is 6.85. The Morgan fingerprint density at radius 3 is 2.62 bits per heavy atom. The lowest BCUT2D eigenvalue weighted by Crippen LogP contribution is -2.12. The molecule has 2 aromatic carbocycles. The minimum absolute atomic E-state index is 0.232. The van der Waals surface area contributed by atoms with Crippen molar-refractivity contribution in [2.24, 2.45) is 0 Å². The van der Waals surface area contributed by atoms with Crippen LogP contribution in [-0.2, 0) is 0 Å². The molecule has 0 bridgehead atoms.